The van der Waals surface area contributed by atoms with E-state index in [1.165, 1.54) is 38.6 Å². The van der Waals surface area contributed by atoms with Crippen molar-refractivity contribution in [1.82, 2.24) is 5.32 Å². The first-order valence-corrected chi connectivity index (χ1v) is 5.94. The molecule has 0 aliphatic heterocycles. The van der Waals surface area contributed by atoms with Gasteiger partial charge >= 0.3 is 0 Å². The first kappa shape index (κ1) is 13.0. The lowest BCUT2D eigenvalue weighted by Crippen LogP contribution is -2.25. The van der Waals surface area contributed by atoms with Crippen LogP contribution in [0.2, 0.25) is 0 Å². The van der Waals surface area contributed by atoms with Gasteiger partial charge in [0.05, 0.1) is 0 Å². The van der Waals surface area contributed by atoms with Crippen LogP contribution in [0.15, 0.2) is 0 Å². The van der Waals surface area contributed by atoms with Crippen molar-refractivity contribution in [1.29, 1.82) is 0 Å². The third kappa shape index (κ3) is 5.30. The quantitative estimate of drug-likeness (QED) is 0.611. The van der Waals surface area contributed by atoms with Gasteiger partial charge in [0.25, 0.3) is 0 Å². The summed E-state index contributed by atoms with van der Waals surface area (Å²) >= 11 is 0. The van der Waals surface area contributed by atoms with E-state index in [2.05, 4.69) is 33.1 Å². The number of rotatable bonds is 8. The average molecular weight is 185 g/mol. The van der Waals surface area contributed by atoms with Gasteiger partial charge in [-0.15, -0.1) is 0 Å². The van der Waals surface area contributed by atoms with E-state index in [9.17, 15) is 0 Å². The molecule has 0 radical (unpaired) electrons. The van der Waals surface area contributed by atoms with Crippen molar-refractivity contribution in [3.05, 3.63) is 0 Å². The molecule has 0 fully saturated rings. The van der Waals surface area contributed by atoms with Crippen LogP contribution < -0.4 is 5.32 Å². The molecule has 0 aliphatic rings. The second kappa shape index (κ2) is 8.55. The van der Waals surface area contributed by atoms with Gasteiger partial charge in [-0.3, -0.25) is 0 Å². The fourth-order valence-electron chi connectivity index (χ4n) is 2.15. The zero-order valence-corrected chi connectivity index (χ0v) is 9.90. The Morgan fingerprint density at radius 2 is 1.62 bits per heavy atom. The molecule has 0 amide bonds. The van der Waals surface area contributed by atoms with Crippen LogP contribution in [-0.2, 0) is 0 Å². The monoisotopic (exact) mass is 185 g/mol. The van der Waals surface area contributed by atoms with E-state index in [-0.39, 0.29) is 0 Å². The molecule has 13 heavy (non-hydrogen) atoms. The molecule has 1 N–H and O–H groups in total. The summed E-state index contributed by atoms with van der Waals surface area (Å²) in [5.41, 5.74) is 0. The van der Waals surface area contributed by atoms with Crippen LogP contribution in [0.3, 0.4) is 0 Å². The van der Waals surface area contributed by atoms with Gasteiger partial charge in [-0.25, -0.2) is 0 Å². The second-order valence-electron chi connectivity index (χ2n) is 4.04. The average Bonchev–Trinajstić information content (AvgIpc) is 2.17. The van der Waals surface area contributed by atoms with E-state index < -0.39 is 0 Å². The maximum absolute atomic E-state index is 3.31. The summed E-state index contributed by atoms with van der Waals surface area (Å²) in [7, 11) is 2.06. The molecular weight excluding hydrogens is 158 g/mol. The smallest absolute Gasteiger partial charge is 0.00210 e. The number of hydrogen-bond donors (Lipinski definition) is 1. The molecule has 0 saturated carbocycles. The SMILES string of the molecule is CCCCC(CC)C(CC)CNC. The molecule has 1 nitrogen and oxygen atoms in total. The van der Waals surface area contributed by atoms with Gasteiger partial charge < -0.3 is 5.32 Å². The van der Waals surface area contributed by atoms with Crippen LogP contribution >= 0.6 is 0 Å². The van der Waals surface area contributed by atoms with Crippen molar-refractivity contribution in [2.45, 2.75) is 52.9 Å². The van der Waals surface area contributed by atoms with E-state index in [0.29, 0.717) is 0 Å². The van der Waals surface area contributed by atoms with Crippen LogP contribution in [0.25, 0.3) is 0 Å². The minimum absolute atomic E-state index is 0.890. The summed E-state index contributed by atoms with van der Waals surface area (Å²) in [5.74, 6) is 1.83. The summed E-state index contributed by atoms with van der Waals surface area (Å²) < 4.78 is 0. The molecule has 0 heterocycles. The lowest BCUT2D eigenvalue weighted by molar-refractivity contribution is 0.282. The van der Waals surface area contributed by atoms with Crippen LogP contribution in [0.1, 0.15) is 52.9 Å². The van der Waals surface area contributed by atoms with Gasteiger partial charge in [-0.1, -0.05) is 52.9 Å². The minimum atomic E-state index is 0.890. The van der Waals surface area contributed by atoms with Gasteiger partial charge in [0.1, 0.15) is 0 Å². The normalized spacial score (nSPS) is 15.7. The Kier molecular flexibility index (Phi) is 8.53. The van der Waals surface area contributed by atoms with Crippen LogP contribution in [0.4, 0.5) is 0 Å². The Bertz CT molecular complexity index is 101. The molecule has 80 valence electrons. The van der Waals surface area contributed by atoms with Crippen molar-refractivity contribution >= 4 is 0 Å². The Hall–Kier alpha value is -0.0400. The molecule has 0 aromatic rings. The lowest BCUT2D eigenvalue weighted by atomic mass is 9.84. The highest BCUT2D eigenvalue weighted by Gasteiger charge is 2.16. The lowest BCUT2D eigenvalue weighted by Gasteiger charge is -2.24. The number of unbranched alkanes of at least 4 members (excludes halogenated alkanes) is 1. The molecule has 0 aromatic carbocycles. The van der Waals surface area contributed by atoms with Gasteiger partial charge in [0, 0.05) is 0 Å². The van der Waals surface area contributed by atoms with Gasteiger partial charge in [0.2, 0.25) is 0 Å². The maximum Gasteiger partial charge on any atom is -0.00210 e. The standard InChI is InChI=1S/C12H27N/c1-5-8-9-11(6-2)12(7-3)10-13-4/h11-13H,5-10H2,1-4H3. The predicted molar refractivity (Wildman–Crippen MR) is 61.0 cm³/mol. The Labute approximate surface area is 84.3 Å². The fraction of sp³-hybridized carbons (Fsp3) is 1.00. The van der Waals surface area contributed by atoms with Crippen molar-refractivity contribution in [2.24, 2.45) is 11.8 Å². The molecule has 2 unspecified atom stereocenters. The molecule has 2 atom stereocenters. The fourth-order valence-corrected chi connectivity index (χ4v) is 2.15. The van der Waals surface area contributed by atoms with Gasteiger partial charge in [-0.2, -0.15) is 0 Å². The van der Waals surface area contributed by atoms with Crippen LogP contribution in [-0.4, -0.2) is 13.6 Å². The predicted octanol–water partition coefficient (Wildman–Crippen LogP) is 3.45. The third-order valence-corrected chi connectivity index (χ3v) is 3.11. The first-order chi connectivity index (χ1) is 6.29. The minimum Gasteiger partial charge on any atom is -0.319 e. The van der Waals surface area contributed by atoms with Crippen molar-refractivity contribution in [3.63, 3.8) is 0 Å². The van der Waals surface area contributed by atoms with Crippen molar-refractivity contribution in [2.75, 3.05) is 13.6 Å². The van der Waals surface area contributed by atoms with E-state index >= 15 is 0 Å². The first-order valence-electron chi connectivity index (χ1n) is 5.94. The Balaban J connectivity index is 3.84. The topological polar surface area (TPSA) is 12.0 Å². The van der Waals surface area contributed by atoms with Gasteiger partial charge in [0.15, 0.2) is 0 Å². The summed E-state index contributed by atoms with van der Waals surface area (Å²) in [6.45, 7) is 8.12. The summed E-state index contributed by atoms with van der Waals surface area (Å²) in [6, 6.07) is 0. The highest BCUT2D eigenvalue weighted by Crippen LogP contribution is 2.24. The Morgan fingerprint density at radius 3 is 2.00 bits per heavy atom. The van der Waals surface area contributed by atoms with Crippen molar-refractivity contribution < 1.29 is 0 Å². The summed E-state index contributed by atoms with van der Waals surface area (Å²) in [6.07, 6.45) is 6.83. The summed E-state index contributed by atoms with van der Waals surface area (Å²) in [4.78, 5) is 0. The maximum atomic E-state index is 3.31. The number of hydrogen-bond acceptors (Lipinski definition) is 1. The highest BCUT2D eigenvalue weighted by atomic mass is 14.8. The van der Waals surface area contributed by atoms with Crippen LogP contribution in [0.5, 0.6) is 0 Å². The molecular formula is C12H27N. The Morgan fingerprint density at radius 1 is 1.00 bits per heavy atom. The zero-order valence-electron chi connectivity index (χ0n) is 9.90. The molecule has 0 rings (SSSR count). The molecule has 0 aromatic heterocycles. The molecule has 0 aliphatic carbocycles. The highest BCUT2D eigenvalue weighted by molar-refractivity contribution is 4.69. The molecule has 0 bridgehead atoms. The van der Waals surface area contributed by atoms with E-state index in [1.54, 1.807) is 0 Å². The van der Waals surface area contributed by atoms with Crippen molar-refractivity contribution in [3.8, 4) is 0 Å². The van der Waals surface area contributed by atoms with E-state index in [1.807, 2.05) is 0 Å². The molecule has 0 spiro atoms. The molecule has 1 heteroatoms. The zero-order chi connectivity index (χ0) is 10.1. The van der Waals surface area contributed by atoms with Crippen LogP contribution in [0, 0.1) is 11.8 Å². The number of nitrogens with one attached hydrogen (secondary N) is 1. The van der Waals surface area contributed by atoms with E-state index in [0.717, 1.165) is 11.8 Å². The third-order valence-electron chi connectivity index (χ3n) is 3.11. The summed E-state index contributed by atoms with van der Waals surface area (Å²) in [5, 5.41) is 3.31. The molecule has 0 saturated heterocycles. The largest absolute Gasteiger partial charge is 0.319 e. The van der Waals surface area contributed by atoms with Gasteiger partial charge in [-0.05, 0) is 25.4 Å². The second-order valence-corrected chi connectivity index (χ2v) is 4.04. The van der Waals surface area contributed by atoms with E-state index in [4.69, 9.17) is 0 Å².